The molecule has 1 N–H and O–H groups in total. The average Bonchev–Trinajstić information content (AvgIpc) is 3.13. The van der Waals surface area contributed by atoms with E-state index in [1.807, 2.05) is 10.7 Å². The van der Waals surface area contributed by atoms with Crippen LogP contribution in [0.4, 0.5) is 19.0 Å². The van der Waals surface area contributed by atoms with E-state index in [1.165, 1.54) is 0 Å². The fourth-order valence-corrected chi connectivity index (χ4v) is 3.22. The van der Waals surface area contributed by atoms with Crippen molar-refractivity contribution in [1.82, 2.24) is 19.9 Å². The first-order valence-electron chi connectivity index (χ1n) is 8.02. The highest BCUT2D eigenvalue weighted by atomic mass is 19.4. The Hall–Kier alpha value is -2.06. The van der Waals surface area contributed by atoms with E-state index in [-0.39, 0.29) is 24.3 Å². The third kappa shape index (κ3) is 3.70. The molecule has 3 rings (SSSR count). The molecule has 2 aromatic rings. The molecule has 0 bridgehead atoms. The van der Waals surface area contributed by atoms with Gasteiger partial charge in [-0.15, -0.1) is 0 Å². The Kier molecular flexibility index (Phi) is 4.51. The minimum absolute atomic E-state index is 0.111. The maximum atomic E-state index is 12.2. The number of hydrogen-bond acceptors (Lipinski definition) is 5. The number of rotatable bonds is 5. The number of fused-ring (bicyclic) bond motifs is 1. The van der Waals surface area contributed by atoms with Crippen molar-refractivity contribution in [3.63, 3.8) is 0 Å². The van der Waals surface area contributed by atoms with Gasteiger partial charge in [-0.3, -0.25) is 0 Å². The molecule has 1 aliphatic heterocycles. The number of nitrogens with zero attached hydrogens (tertiary/aromatic N) is 4. The first-order chi connectivity index (χ1) is 11.3. The van der Waals surface area contributed by atoms with Crippen LogP contribution in [0.3, 0.4) is 0 Å². The summed E-state index contributed by atoms with van der Waals surface area (Å²) < 4.78 is 43.7. The molecule has 3 atom stereocenters. The van der Waals surface area contributed by atoms with Crippen molar-refractivity contribution >= 4 is 5.82 Å². The molecule has 1 aliphatic rings. The van der Waals surface area contributed by atoms with E-state index in [0.717, 1.165) is 12.2 Å². The molecule has 0 fully saturated rings. The van der Waals surface area contributed by atoms with E-state index in [4.69, 9.17) is 4.52 Å². The standard InChI is InChI=1S/C15H20F3N5O/c1-9-11(10(2)23-13(20-9)6-8-19-23)3-4-14-21-12(22-24-14)5-7-15(16,17)18/h6,8-11,20H,3-5,7H2,1-2H3. The minimum Gasteiger partial charge on any atom is -0.367 e. The molecule has 132 valence electrons. The Morgan fingerprint density at radius 1 is 1.29 bits per heavy atom. The largest absolute Gasteiger partial charge is 0.389 e. The number of alkyl halides is 3. The average molecular weight is 343 g/mol. The van der Waals surface area contributed by atoms with Crippen LogP contribution in [0, 0.1) is 5.92 Å². The summed E-state index contributed by atoms with van der Waals surface area (Å²) in [5.41, 5.74) is 0. The summed E-state index contributed by atoms with van der Waals surface area (Å²) in [5, 5.41) is 11.4. The van der Waals surface area contributed by atoms with Crippen LogP contribution in [0.25, 0.3) is 0 Å². The van der Waals surface area contributed by atoms with Gasteiger partial charge >= 0.3 is 6.18 Å². The summed E-state index contributed by atoms with van der Waals surface area (Å²) in [5.74, 6) is 1.80. The lowest BCUT2D eigenvalue weighted by atomic mass is 9.87. The molecule has 24 heavy (non-hydrogen) atoms. The summed E-state index contributed by atoms with van der Waals surface area (Å²) in [6.07, 6.45) is -2.30. The Morgan fingerprint density at radius 3 is 2.83 bits per heavy atom. The van der Waals surface area contributed by atoms with E-state index in [1.54, 1.807) is 6.20 Å². The number of anilines is 1. The zero-order valence-corrected chi connectivity index (χ0v) is 13.5. The molecular formula is C15H20F3N5O. The summed E-state index contributed by atoms with van der Waals surface area (Å²) in [7, 11) is 0. The van der Waals surface area contributed by atoms with Crippen molar-refractivity contribution in [2.24, 2.45) is 5.92 Å². The van der Waals surface area contributed by atoms with Gasteiger partial charge in [0.1, 0.15) is 5.82 Å². The molecule has 0 spiro atoms. The topological polar surface area (TPSA) is 68.8 Å². The van der Waals surface area contributed by atoms with E-state index >= 15 is 0 Å². The van der Waals surface area contributed by atoms with Gasteiger partial charge in [0.2, 0.25) is 5.89 Å². The molecule has 3 heterocycles. The first-order valence-corrected chi connectivity index (χ1v) is 8.02. The van der Waals surface area contributed by atoms with Crippen LogP contribution in [0.15, 0.2) is 16.8 Å². The fraction of sp³-hybridized carbons (Fsp3) is 0.667. The van der Waals surface area contributed by atoms with E-state index in [9.17, 15) is 13.2 Å². The van der Waals surface area contributed by atoms with Crippen molar-refractivity contribution in [3.8, 4) is 0 Å². The maximum absolute atomic E-state index is 12.2. The van der Waals surface area contributed by atoms with Gasteiger partial charge in [-0.2, -0.15) is 23.3 Å². The van der Waals surface area contributed by atoms with E-state index in [0.29, 0.717) is 18.2 Å². The number of aromatic nitrogens is 4. The van der Waals surface area contributed by atoms with Gasteiger partial charge < -0.3 is 9.84 Å². The lowest BCUT2D eigenvalue weighted by molar-refractivity contribution is -0.134. The predicted octanol–water partition coefficient (Wildman–Crippen LogP) is 3.39. The first kappa shape index (κ1) is 16.8. The molecule has 0 amide bonds. The highest BCUT2D eigenvalue weighted by Crippen LogP contribution is 2.34. The van der Waals surface area contributed by atoms with Crippen LogP contribution in [-0.2, 0) is 12.8 Å². The number of halogens is 3. The predicted molar refractivity (Wildman–Crippen MR) is 80.5 cm³/mol. The fourth-order valence-electron chi connectivity index (χ4n) is 3.22. The van der Waals surface area contributed by atoms with Crippen LogP contribution < -0.4 is 5.32 Å². The second-order valence-corrected chi connectivity index (χ2v) is 6.26. The van der Waals surface area contributed by atoms with Crippen molar-refractivity contribution in [3.05, 3.63) is 24.0 Å². The molecule has 0 radical (unpaired) electrons. The van der Waals surface area contributed by atoms with Crippen LogP contribution in [0.5, 0.6) is 0 Å². The van der Waals surface area contributed by atoms with Crippen molar-refractivity contribution < 1.29 is 17.7 Å². The third-order valence-corrected chi connectivity index (χ3v) is 4.53. The third-order valence-electron chi connectivity index (χ3n) is 4.53. The van der Waals surface area contributed by atoms with Gasteiger partial charge in [-0.1, -0.05) is 5.16 Å². The molecular weight excluding hydrogens is 323 g/mol. The van der Waals surface area contributed by atoms with Gasteiger partial charge in [0.05, 0.1) is 18.7 Å². The lowest BCUT2D eigenvalue weighted by Gasteiger charge is -2.36. The monoisotopic (exact) mass is 343 g/mol. The molecule has 0 saturated heterocycles. The molecule has 9 heteroatoms. The Labute approximate surface area is 137 Å². The Balaban J connectivity index is 1.57. The second-order valence-electron chi connectivity index (χ2n) is 6.26. The van der Waals surface area contributed by atoms with Crippen LogP contribution in [0.1, 0.15) is 44.4 Å². The van der Waals surface area contributed by atoms with Crippen LogP contribution in [-0.4, -0.2) is 32.1 Å². The molecule has 3 unspecified atom stereocenters. The highest BCUT2D eigenvalue weighted by molar-refractivity contribution is 5.38. The lowest BCUT2D eigenvalue weighted by Crippen LogP contribution is -2.38. The van der Waals surface area contributed by atoms with Gasteiger partial charge in [-0.05, 0) is 20.3 Å². The van der Waals surface area contributed by atoms with E-state index in [2.05, 4.69) is 34.4 Å². The zero-order chi connectivity index (χ0) is 17.3. The quantitative estimate of drug-likeness (QED) is 0.901. The van der Waals surface area contributed by atoms with Crippen LogP contribution >= 0.6 is 0 Å². The van der Waals surface area contributed by atoms with Gasteiger partial charge in [0.15, 0.2) is 5.82 Å². The molecule has 2 aromatic heterocycles. The SMILES string of the molecule is CC1Nc2ccnn2C(C)C1CCc1nc(CCC(F)(F)F)no1. The summed E-state index contributed by atoms with van der Waals surface area (Å²) in [6.45, 7) is 4.22. The van der Waals surface area contributed by atoms with Crippen LogP contribution in [0.2, 0.25) is 0 Å². The smallest absolute Gasteiger partial charge is 0.367 e. The number of aryl methyl sites for hydroxylation is 2. The molecule has 0 saturated carbocycles. The Morgan fingerprint density at radius 2 is 2.08 bits per heavy atom. The highest BCUT2D eigenvalue weighted by Gasteiger charge is 2.32. The van der Waals surface area contributed by atoms with Crippen molar-refractivity contribution in [2.45, 2.75) is 57.8 Å². The summed E-state index contributed by atoms with van der Waals surface area (Å²) >= 11 is 0. The van der Waals surface area contributed by atoms with Gasteiger partial charge in [-0.25, -0.2) is 4.68 Å². The number of nitrogens with one attached hydrogen (secondary N) is 1. The molecule has 0 aromatic carbocycles. The van der Waals surface area contributed by atoms with Crippen molar-refractivity contribution in [1.29, 1.82) is 0 Å². The van der Waals surface area contributed by atoms with E-state index < -0.39 is 12.6 Å². The minimum atomic E-state index is -4.21. The van der Waals surface area contributed by atoms with Gasteiger partial charge in [0, 0.05) is 30.9 Å². The molecule has 0 aliphatic carbocycles. The number of hydrogen-bond donors (Lipinski definition) is 1. The maximum Gasteiger partial charge on any atom is 0.389 e. The summed E-state index contributed by atoms with van der Waals surface area (Å²) in [6, 6.07) is 2.42. The zero-order valence-electron chi connectivity index (χ0n) is 13.5. The Bertz CT molecular complexity index is 681. The second kappa shape index (κ2) is 6.45. The van der Waals surface area contributed by atoms with Gasteiger partial charge in [0.25, 0.3) is 0 Å². The summed E-state index contributed by atoms with van der Waals surface area (Å²) in [4.78, 5) is 4.06. The molecule has 6 nitrogen and oxygen atoms in total. The van der Waals surface area contributed by atoms with Crippen molar-refractivity contribution in [2.75, 3.05) is 5.32 Å². The normalized spacial score (nSPS) is 23.8.